The zero-order valence-electron chi connectivity index (χ0n) is 23.2. The number of nitrogens with one attached hydrogen (secondary N) is 1. The summed E-state index contributed by atoms with van der Waals surface area (Å²) in [6, 6.07) is 15.3. The number of aromatic carboxylic acids is 1. The fraction of sp³-hybridized carbons (Fsp3) is 0.267. The number of carbonyl (C=O) groups excluding carboxylic acids is 1. The minimum Gasteiger partial charge on any atom is -0.477 e. The van der Waals surface area contributed by atoms with Crippen molar-refractivity contribution in [1.82, 2.24) is 19.9 Å². The van der Waals surface area contributed by atoms with E-state index < -0.39 is 11.4 Å². The quantitative estimate of drug-likeness (QED) is 0.372. The molecule has 0 unspecified atom stereocenters. The Morgan fingerprint density at radius 2 is 1.83 bits per heavy atom. The number of likely N-dealkylation sites (N-methyl/N-ethyl adjacent to an activating group) is 1. The molecule has 42 heavy (non-hydrogen) atoms. The molecular formula is C30H30ClN7O4. The first-order chi connectivity index (χ1) is 20.3. The first-order valence-corrected chi connectivity index (χ1v) is 13.9. The van der Waals surface area contributed by atoms with Crippen molar-refractivity contribution in [2.24, 2.45) is 4.99 Å². The van der Waals surface area contributed by atoms with Crippen molar-refractivity contribution in [3.63, 3.8) is 0 Å². The summed E-state index contributed by atoms with van der Waals surface area (Å²) >= 11 is 6.11. The van der Waals surface area contributed by atoms with Crippen molar-refractivity contribution >= 4 is 51.9 Å². The number of amides is 1. The SMILES string of the molecule is CCn1cc(C(=O)O)c(=O)c2cnc(N3CCNCC3)nc21.CN1C(=O)CN=C(c2ccccc2)c2cc(Cl)ccc21. The monoisotopic (exact) mass is 587 g/mol. The number of carbonyl (C=O) groups is 2. The van der Waals surface area contributed by atoms with Crippen molar-refractivity contribution in [2.45, 2.75) is 13.5 Å². The van der Waals surface area contributed by atoms with Gasteiger partial charge in [-0.3, -0.25) is 14.6 Å². The molecule has 12 heteroatoms. The molecule has 0 aliphatic carbocycles. The van der Waals surface area contributed by atoms with Crippen LogP contribution in [0.4, 0.5) is 11.6 Å². The fourth-order valence-electron chi connectivity index (χ4n) is 4.88. The van der Waals surface area contributed by atoms with Gasteiger partial charge in [-0.15, -0.1) is 0 Å². The molecule has 0 spiro atoms. The number of rotatable bonds is 4. The summed E-state index contributed by atoms with van der Waals surface area (Å²) in [5.41, 5.74) is 3.18. The third-order valence-corrected chi connectivity index (χ3v) is 7.38. The third kappa shape index (κ3) is 5.88. The van der Waals surface area contributed by atoms with E-state index in [9.17, 15) is 14.4 Å². The molecule has 2 aliphatic heterocycles. The van der Waals surface area contributed by atoms with Crippen molar-refractivity contribution in [3.05, 3.63) is 92.9 Å². The first-order valence-electron chi connectivity index (χ1n) is 13.5. The van der Waals surface area contributed by atoms with Crippen LogP contribution in [0.3, 0.4) is 0 Å². The zero-order valence-corrected chi connectivity index (χ0v) is 24.0. The second-order valence-corrected chi connectivity index (χ2v) is 10.2. The van der Waals surface area contributed by atoms with Gasteiger partial charge in [-0.1, -0.05) is 41.9 Å². The Bertz CT molecular complexity index is 1730. The van der Waals surface area contributed by atoms with Crippen LogP contribution >= 0.6 is 11.6 Å². The number of benzene rings is 2. The summed E-state index contributed by atoms with van der Waals surface area (Å²) in [6.45, 7) is 5.87. The number of benzodiazepines with no additional fused rings is 1. The Morgan fingerprint density at radius 3 is 2.52 bits per heavy atom. The van der Waals surface area contributed by atoms with Gasteiger partial charge in [0, 0.05) is 68.3 Å². The maximum absolute atomic E-state index is 12.2. The van der Waals surface area contributed by atoms with Crippen LogP contribution in [-0.2, 0) is 11.3 Å². The van der Waals surface area contributed by atoms with Crippen LogP contribution in [0.5, 0.6) is 0 Å². The molecule has 2 aromatic carbocycles. The Labute approximate surface area is 247 Å². The summed E-state index contributed by atoms with van der Waals surface area (Å²) in [6.07, 6.45) is 2.78. The van der Waals surface area contributed by atoms with Crippen LogP contribution in [0.15, 0.2) is 70.7 Å². The van der Waals surface area contributed by atoms with E-state index in [-0.39, 0.29) is 23.4 Å². The van der Waals surface area contributed by atoms with Crippen LogP contribution in [0.25, 0.3) is 11.0 Å². The minimum atomic E-state index is -1.24. The van der Waals surface area contributed by atoms with Gasteiger partial charge in [0.15, 0.2) is 0 Å². The lowest BCUT2D eigenvalue weighted by Gasteiger charge is -2.27. The molecule has 0 atom stereocenters. The highest BCUT2D eigenvalue weighted by Gasteiger charge is 2.23. The molecule has 216 valence electrons. The molecule has 0 radical (unpaired) electrons. The summed E-state index contributed by atoms with van der Waals surface area (Å²) in [5.74, 6) is -0.696. The Balaban J connectivity index is 0.000000169. The molecule has 11 nitrogen and oxygen atoms in total. The van der Waals surface area contributed by atoms with E-state index in [0.29, 0.717) is 23.2 Å². The Hall–Kier alpha value is -4.61. The van der Waals surface area contributed by atoms with E-state index in [1.807, 2.05) is 54.3 Å². The summed E-state index contributed by atoms with van der Waals surface area (Å²) < 4.78 is 1.67. The van der Waals surface area contributed by atoms with E-state index in [4.69, 9.17) is 16.7 Å². The lowest BCUT2D eigenvalue weighted by molar-refractivity contribution is -0.116. The molecule has 4 aromatic rings. The van der Waals surface area contributed by atoms with Crippen LogP contribution in [-0.4, -0.2) is 77.0 Å². The van der Waals surface area contributed by atoms with Crippen LogP contribution in [0.2, 0.25) is 5.02 Å². The van der Waals surface area contributed by atoms with E-state index >= 15 is 0 Å². The lowest BCUT2D eigenvalue weighted by Crippen LogP contribution is -2.44. The highest BCUT2D eigenvalue weighted by Crippen LogP contribution is 2.28. The topological polar surface area (TPSA) is 133 Å². The Morgan fingerprint density at radius 1 is 1.10 bits per heavy atom. The summed E-state index contributed by atoms with van der Waals surface area (Å²) in [7, 11) is 1.76. The number of carboxylic acid groups (broad SMARTS) is 1. The molecule has 4 heterocycles. The van der Waals surface area contributed by atoms with Crippen LogP contribution < -0.4 is 20.5 Å². The largest absolute Gasteiger partial charge is 0.477 e. The molecule has 1 amide bonds. The van der Waals surface area contributed by atoms with E-state index in [0.717, 1.165) is 48.7 Å². The molecule has 1 saturated heterocycles. The lowest BCUT2D eigenvalue weighted by atomic mass is 10.0. The predicted octanol–water partition coefficient (Wildman–Crippen LogP) is 3.07. The normalized spacial score (nSPS) is 14.9. The van der Waals surface area contributed by atoms with Gasteiger partial charge in [0.25, 0.3) is 0 Å². The number of anilines is 2. The predicted molar refractivity (Wildman–Crippen MR) is 163 cm³/mol. The number of pyridine rings is 1. The number of piperazine rings is 1. The van der Waals surface area contributed by atoms with Gasteiger partial charge in [-0.05, 0) is 25.1 Å². The molecular weight excluding hydrogens is 558 g/mol. The summed E-state index contributed by atoms with van der Waals surface area (Å²) in [5, 5.41) is 13.3. The van der Waals surface area contributed by atoms with Gasteiger partial charge in [-0.25, -0.2) is 9.78 Å². The molecule has 1 fully saturated rings. The number of halogens is 1. The molecule has 2 aromatic heterocycles. The highest BCUT2D eigenvalue weighted by atomic mass is 35.5. The van der Waals surface area contributed by atoms with Crippen molar-refractivity contribution in [3.8, 4) is 0 Å². The maximum atomic E-state index is 12.2. The first kappa shape index (κ1) is 28.9. The number of aromatic nitrogens is 3. The third-order valence-electron chi connectivity index (χ3n) is 7.14. The smallest absolute Gasteiger partial charge is 0.341 e. The standard InChI is InChI=1S/C16H13ClN2O.C14H17N5O3/c1-19-14-8-7-12(17)9-13(14)16(18-10-15(19)20)11-5-3-2-4-6-11;1-2-18-8-10(13(21)22)11(20)9-7-16-14(17-12(9)18)19-5-3-15-4-6-19/h2-9H,10H2,1H3;7-8,15H,2-6H2,1H3,(H,21,22). The van der Waals surface area contributed by atoms with Crippen LogP contribution in [0.1, 0.15) is 28.4 Å². The number of hydrogen-bond donors (Lipinski definition) is 2. The second kappa shape index (κ2) is 12.5. The average Bonchev–Trinajstić information content (AvgIpc) is 3.13. The van der Waals surface area contributed by atoms with Crippen molar-refractivity contribution < 1.29 is 14.7 Å². The highest BCUT2D eigenvalue weighted by molar-refractivity contribution is 6.32. The molecule has 2 N–H and O–H groups in total. The van der Waals surface area contributed by atoms with Gasteiger partial charge in [-0.2, -0.15) is 4.98 Å². The molecule has 2 aliphatic rings. The number of carboxylic acids is 1. The number of nitrogens with zero attached hydrogens (tertiary/aromatic N) is 6. The number of aliphatic imine (C=N–C) groups is 1. The zero-order chi connectivity index (χ0) is 29.8. The molecule has 0 saturated carbocycles. The van der Waals surface area contributed by atoms with E-state index in [1.54, 1.807) is 22.6 Å². The minimum absolute atomic E-state index is 0.0282. The van der Waals surface area contributed by atoms with Gasteiger partial charge in [0.1, 0.15) is 17.8 Å². The summed E-state index contributed by atoms with van der Waals surface area (Å²) in [4.78, 5) is 52.3. The van der Waals surface area contributed by atoms with Crippen molar-refractivity contribution in [1.29, 1.82) is 0 Å². The second-order valence-electron chi connectivity index (χ2n) is 9.75. The number of aryl methyl sites for hydroxylation is 1. The average molecular weight is 588 g/mol. The van der Waals surface area contributed by atoms with Gasteiger partial charge >= 0.3 is 5.97 Å². The van der Waals surface area contributed by atoms with Crippen molar-refractivity contribution in [2.75, 3.05) is 49.6 Å². The van der Waals surface area contributed by atoms with E-state index in [1.165, 1.54) is 12.4 Å². The van der Waals surface area contributed by atoms with Gasteiger partial charge < -0.3 is 24.8 Å². The number of fused-ring (bicyclic) bond motifs is 2. The number of hydrogen-bond acceptors (Lipinski definition) is 8. The Kier molecular flexibility index (Phi) is 8.60. The fourth-order valence-corrected chi connectivity index (χ4v) is 5.05. The maximum Gasteiger partial charge on any atom is 0.341 e. The van der Waals surface area contributed by atoms with Crippen LogP contribution in [0, 0.1) is 0 Å². The van der Waals surface area contributed by atoms with E-state index in [2.05, 4.69) is 20.3 Å². The van der Waals surface area contributed by atoms with Gasteiger partial charge in [0.2, 0.25) is 17.3 Å². The molecule has 0 bridgehead atoms. The molecule has 6 rings (SSSR count). The van der Waals surface area contributed by atoms with Gasteiger partial charge in [0.05, 0.1) is 16.8 Å².